The molecular formula is C13H14BrN3O. The Morgan fingerprint density at radius 2 is 2.33 bits per heavy atom. The second-order valence-corrected chi connectivity index (χ2v) is 5.33. The third-order valence-electron chi connectivity index (χ3n) is 2.84. The molecule has 18 heavy (non-hydrogen) atoms. The number of halogens is 1. The molecule has 0 heterocycles. The number of hydrogen-bond acceptors (Lipinski definition) is 3. The molecule has 0 aliphatic heterocycles. The zero-order chi connectivity index (χ0) is 13.1. The van der Waals surface area contributed by atoms with Crippen molar-refractivity contribution in [2.75, 3.05) is 18.5 Å². The molecule has 1 aromatic carbocycles. The SMILES string of the molecule is CN(CC(=O)NC1CC1)c1ccc(C#N)c(Br)c1. The van der Waals surface area contributed by atoms with E-state index in [9.17, 15) is 4.79 Å². The number of likely N-dealkylation sites (N-methyl/N-ethyl adjacent to an activating group) is 1. The average Bonchev–Trinajstić information content (AvgIpc) is 3.12. The molecule has 0 radical (unpaired) electrons. The van der Waals surface area contributed by atoms with Crippen LogP contribution in [0.5, 0.6) is 0 Å². The minimum Gasteiger partial charge on any atom is -0.365 e. The van der Waals surface area contributed by atoms with Gasteiger partial charge in [-0.1, -0.05) is 0 Å². The smallest absolute Gasteiger partial charge is 0.239 e. The second-order valence-electron chi connectivity index (χ2n) is 4.47. The number of hydrogen-bond donors (Lipinski definition) is 1. The van der Waals surface area contributed by atoms with Crippen LogP contribution in [0.3, 0.4) is 0 Å². The first kappa shape index (κ1) is 12.9. The second kappa shape index (κ2) is 5.40. The molecule has 1 amide bonds. The fraction of sp³-hybridized carbons (Fsp3) is 0.385. The van der Waals surface area contributed by atoms with Crippen LogP contribution in [0.15, 0.2) is 22.7 Å². The lowest BCUT2D eigenvalue weighted by Gasteiger charge is -2.19. The molecule has 1 aliphatic carbocycles. The Hall–Kier alpha value is -1.54. The third-order valence-corrected chi connectivity index (χ3v) is 3.49. The Morgan fingerprint density at radius 1 is 1.61 bits per heavy atom. The highest BCUT2D eigenvalue weighted by Crippen LogP contribution is 2.23. The van der Waals surface area contributed by atoms with Crippen LogP contribution in [0.25, 0.3) is 0 Å². The van der Waals surface area contributed by atoms with E-state index in [1.165, 1.54) is 0 Å². The maximum absolute atomic E-state index is 11.7. The molecule has 0 aromatic heterocycles. The fourth-order valence-corrected chi connectivity index (χ4v) is 2.10. The van der Waals surface area contributed by atoms with Crippen LogP contribution in [-0.2, 0) is 4.79 Å². The molecule has 4 nitrogen and oxygen atoms in total. The monoisotopic (exact) mass is 307 g/mol. The Balaban J connectivity index is 1.99. The number of nitrogens with zero attached hydrogens (tertiary/aromatic N) is 2. The Morgan fingerprint density at radius 3 is 2.89 bits per heavy atom. The van der Waals surface area contributed by atoms with E-state index in [0.29, 0.717) is 18.2 Å². The van der Waals surface area contributed by atoms with E-state index in [2.05, 4.69) is 27.3 Å². The van der Waals surface area contributed by atoms with E-state index in [4.69, 9.17) is 5.26 Å². The molecule has 0 atom stereocenters. The van der Waals surface area contributed by atoms with E-state index in [-0.39, 0.29) is 5.91 Å². The topological polar surface area (TPSA) is 56.1 Å². The van der Waals surface area contributed by atoms with Crippen molar-refractivity contribution in [3.63, 3.8) is 0 Å². The molecule has 0 unspecified atom stereocenters. The van der Waals surface area contributed by atoms with Crippen LogP contribution < -0.4 is 10.2 Å². The van der Waals surface area contributed by atoms with Gasteiger partial charge in [0.05, 0.1) is 12.1 Å². The van der Waals surface area contributed by atoms with Crippen molar-refractivity contribution in [3.05, 3.63) is 28.2 Å². The number of amides is 1. The summed E-state index contributed by atoms with van der Waals surface area (Å²) >= 11 is 3.34. The normalized spacial score (nSPS) is 13.8. The minimum atomic E-state index is 0.0421. The van der Waals surface area contributed by atoms with Gasteiger partial charge in [0.2, 0.25) is 5.91 Å². The first-order valence-electron chi connectivity index (χ1n) is 5.80. The molecule has 1 N–H and O–H groups in total. The van der Waals surface area contributed by atoms with Gasteiger partial charge in [0.25, 0.3) is 0 Å². The van der Waals surface area contributed by atoms with Crippen LogP contribution in [0.2, 0.25) is 0 Å². The van der Waals surface area contributed by atoms with Crippen molar-refractivity contribution in [2.24, 2.45) is 0 Å². The zero-order valence-corrected chi connectivity index (χ0v) is 11.7. The number of carbonyl (C=O) groups excluding carboxylic acids is 1. The van der Waals surface area contributed by atoms with Crippen LogP contribution in [0.4, 0.5) is 5.69 Å². The summed E-state index contributed by atoms with van der Waals surface area (Å²) in [6.45, 7) is 0.328. The summed E-state index contributed by atoms with van der Waals surface area (Å²) in [6, 6.07) is 7.92. The predicted octanol–water partition coefficient (Wildman–Crippen LogP) is 2.04. The molecule has 0 spiro atoms. The highest BCUT2D eigenvalue weighted by molar-refractivity contribution is 9.10. The van der Waals surface area contributed by atoms with Gasteiger partial charge in [-0.2, -0.15) is 5.26 Å². The van der Waals surface area contributed by atoms with Crippen molar-refractivity contribution in [3.8, 4) is 6.07 Å². The van der Waals surface area contributed by atoms with Crippen LogP contribution in [0.1, 0.15) is 18.4 Å². The maximum Gasteiger partial charge on any atom is 0.239 e. The highest BCUT2D eigenvalue weighted by atomic mass is 79.9. The first-order chi connectivity index (χ1) is 8.60. The molecule has 94 valence electrons. The minimum absolute atomic E-state index is 0.0421. The first-order valence-corrected chi connectivity index (χ1v) is 6.59. The summed E-state index contributed by atoms with van der Waals surface area (Å²) in [6.07, 6.45) is 2.19. The van der Waals surface area contributed by atoms with Gasteiger partial charge in [-0.05, 0) is 47.0 Å². The molecule has 1 saturated carbocycles. The predicted molar refractivity (Wildman–Crippen MR) is 73.3 cm³/mol. The van der Waals surface area contributed by atoms with Gasteiger partial charge in [0.15, 0.2) is 0 Å². The van der Waals surface area contributed by atoms with Crippen molar-refractivity contribution in [1.82, 2.24) is 5.32 Å². The van der Waals surface area contributed by atoms with Crippen LogP contribution >= 0.6 is 15.9 Å². The number of anilines is 1. The van der Waals surface area contributed by atoms with Gasteiger partial charge < -0.3 is 10.2 Å². The van der Waals surface area contributed by atoms with Gasteiger partial charge in [-0.15, -0.1) is 0 Å². The van der Waals surface area contributed by atoms with E-state index in [0.717, 1.165) is 23.0 Å². The van der Waals surface area contributed by atoms with Gasteiger partial charge in [0.1, 0.15) is 6.07 Å². The highest BCUT2D eigenvalue weighted by Gasteiger charge is 2.23. The Bertz CT molecular complexity index is 505. The number of nitriles is 1. The number of rotatable bonds is 4. The maximum atomic E-state index is 11.7. The third kappa shape index (κ3) is 3.23. The number of carbonyl (C=O) groups is 1. The summed E-state index contributed by atoms with van der Waals surface area (Å²) in [5, 5.41) is 11.8. The fourth-order valence-electron chi connectivity index (χ4n) is 1.64. The molecule has 1 aliphatic rings. The van der Waals surface area contributed by atoms with Gasteiger partial charge >= 0.3 is 0 Å². The van der Waals surface area contributed by atoms with Gasteiger partial charge in [0, 0.05) is 23.2 Å². The molecule has 5 heteroatoms. The van der Waals surface area contributed by atoms with E-state index >= 15 is 0 Å². The Kier molecular flexibility index (Phi) is 3.87. The molecular weight excluding hydrogens is 294 g/mol. The summed E-state index contributed by atoms with van der Waals surface area (Å²) in [5.74, 6) is 0.0421. The van der Waals surface area contributed by atoms with Crippen molar-refractivity contribution < 1.29 is 4.79 Å². The molecule has 2 rings (SSSR count). The lowest BCUT2D eigenvalue weighted by Crippen LogP contribution is -2.36. The van der Waals surface area contributed by atoms with Crippen molar-refractivity contribution in [2.45, 2.75) is 18.9 Å². The van der Waals surface area contributed by atoms with Crippen molar-refractivity contribution in [1.29, 1.82) is 5.26 Å². The molecule has 1 fully saturated rings. The molecule has 0 saturated heterocycles. The van der Waals surface area contributed by atoms with E-state index in [1.807, 2.05) is 24.1 Å². The standard InChI is InChI=1S/C13H14BrN3O/c1-17(8-13(18)16-10-3-4-10)11-5-2-9(7-15)12(14)6-11/h2,5-6,10H,3-4,8H2,1H3,(H,16,18). The average molecular weight is 308 g/mol. The molecule has 1 aromatic rings. The van der Waals surface area contributed by atoms with Gasteiger partial charge in [-0.3, -0.25) is 4.79 Å². The van der Waals surface area contributed by atoms with E-state index < -0.39 is 0 Å². The number of nitrogens with one attached hydrogen (secondary N) is 1. The summed E-state index contributed by atoms with van der Waals surface area (Å²) in [7, 11) is 1.86. The summed E-state index contributed by atoms with van der Waals surface area (Å²) < 4.78 is 0.747. The molecule has 0 bridgehead atoms. The quantitative estimate of drug-likeness (QED) is 0.926. The lowest BCUT2D eigenvalue weighted by atomic mass is 10.2. The Labute approximate surface area is 115 Å². The summed E-state index contributed by atoms with van der Waals surface area (Å²) in [4.78, 5) is 13.5. The summed E-state index contributed by atoms with van der Waals surface area (Å²) in [5.41, 5.74) is 1.50. The lowest BCUT2D eigenvalue weighted by molar-refractivity contribution is -0.119. The van der Waals surface area contributed by atoms with Crippen LogP contribution in [0, 0.1) is 11.3 Å². The van der Waals surface area contributed by atoms with Crippen molar-refractivity contribution >= 4 is 27.5 Å². The van der Waals surface area contributed by atoms with Gasteiger partial charge in [-0.25, -0.2) is 0 Å². The van der Waals surface area contributed by atoms with E-state index in [1.54, 1.807) is 6.07 Å². The largest absolute Gasteiger partial charge is 0.365 e. The zero-order valence-electron chi connectivity index (χ0n) is 10.1. The number of benzene rings is 1. The van der Waals surface area contributed by atoms with Crippen LogP contribution in [-0.4, -0.2) is 25.5 Å².